The van der Waals surface area contributed by atoms with E-state index in [1.165, 1.54) is 18.4 Å². The molecule has 0 radical (unpaired) electrons. The molecule has 0 saturated heterocycles. The fourth-order valence-electron chi connectivity index (χ4n) is 3.12. The fraction of sp³-hybridized carbons (Fsp3) is 0.588. The van der Waals surface area contributed by atoms with Gasteiger partial charge in [0.05, 0.1) is 5.41 Å². The van der Waals surface area contributed by atoms with Crippen LogP contribution in [0.4, 0.5) is 0 Å². The highest BCUT2D eigenvalue weighted by atomic mass is 16.2. The first-order valence-electron chi connectivity index (χ1n) is 7.70. The number of nitrogens with two attached hydrogens (primary N) is 1. The summed E-state index contributed by atoms with van der Waals surface area (Å²) in [4.78, 5) is 12.6. The SMILES string of the molecule is Cc1cccc(CNC(=O)C2(CN)CCCCCC2)c1. The smallest absolute Gasteiger partial charge is 0.227 e. The van der Waals surface area contributed by atoms with Gasteiger partial charge in [0.25, 0.3) is 0 Å². The molecule has 0 atom stereocenters. The van der Waals surface area contributed by atoms with Gasteiger partial charge in [-0.15, -0.1) is 0 Å². The molecule has 2 rings (SSSR count). The third kappa shape index (κ3) is 3.60. The summed E-state index contributed by atoms with van der Waals surface area (Å²) in [6.07, 6.45) is 6.57. The van der Waals surface area contributed by atoms with Crippen LogP contribution in [0.2, 0.25) is 0 Å². The second-order valence-electron chi connectivity index (χ2n) is 6.07. The molecule has 1 aliphatic carbocycles. The minimum atomic E-state index is -0.333. The largest absolute Gasteiger partial charge is 0.352 e. The molecule has 20 heavy (non-hydrogen) atoms. The van der Waals surface area contributed by atoms with Crippen LogP contribution in [-0.4, -0.2) is 12.5 Å². The van der Waals surface area contributed by atoms with Crippen LogP contribution in [0, 0.1) is 12.3 Å². The third-order valence-corrected chi connectivity index (χ3v) is 4.47. The molecule has 1 aromatic carbocycles. The molecule has 3 heteroatoms. The van der Waals surface area contributed by atoms with Gasteiger partial charge >= 0.3 is 0 Å². The van der Waals surface area contributed by atoms with Gasteiger partial charge in [0.1, 0.15) is 0 Å². The summed E-state index contributed by atoms with van der Waals surface area (Å²) >= 11 is 0. The van der Waals surface area contributed by atoms with Crippen LogP contribution < -0.4 is 11.1 Å². The molecule has 0 aromatic heterocycles. The lowest BCUT2D eigenvalue weighted by atomic mass is 9.79. The van der Waals surface area contributed by atoms with Crippen molar-refractivity contribution in [3.63, 3.8) is 0 Å². The number of rotatable bonds is 4. The van der Waals surface area contributed by atoms with Gasteiger partial charge in [0.15, 0.2) is 0 Å². The predicted molar refractivity (Wildman–Crippen MR) is 82.2 cm³/mol. The summed E-state index contributed by atoms with van der Waals surface area (Å²) in [7, 11) is 0. The van der Waals surface area contributed by atoms with Crippen LogP contribution in [0.1, 0.15) is 49.7 Å². The maximum absolute atomic E-state index is 12.6. The molecule has 1 saturated carbocycles. The second kappa shape index (κ2) is 6.89. The Bertz CT molecular complexity index is 448. The van der Waals surface area contributed by atoms with E-state index in [9.17, 15) is 4.79 Å². The van der Waals surface area contributed by atoms with Gasteiger partial charge in [-0.1, -0.05) is 55.5 Å². The molecule has 0 unspecified atom stereocenters. The topological polar surface area (TPSA) is 55.1 Å². The van der Waals surface area contributed by atoms with Gasteiger partial charge in [0.2, 0.25) is 5.91 Å². The summed E-state index contributed by atoms with van der Waals surface area (Å²) in [6, 6.07) is 8.26. The van der Waals surface area contributed by atoms with Crippen LogP contribution >= 0.6 is 0 Å². The first kappa shape index (κ1) is 15.0. The molecule has 3 N–H and O–H groups in total. The number of carbonyl (C=O) groups is 1. The van der Waals surface area contributed by atoms with Crippen LogP contribution in [0.25, 0.3) is 0 Å². The van der Waals surface area contributed by atoms with Crippen molar-refractivity contribution in [2.75, 3.05) is 6.54 Å². The van der Waals surface area contributed by atoms with Crippen molar-refractivity contribution in [3.8, 4) is 0 Å². The van der Waals surface area contributed by atoms with Crippen molar-refractivity contribution in [2.45, 2.75) is 52.0 Å². The van der Waals surface area contributed by atoms with Gasteiger partial charge in [0, 0.05) is 13.1 Å². The summed E-state index contributed by atoms with van der Waals surface area (Å²) in [6.45, 7) is 3.13. The fourth-order valence-corrected chi connectivity index (χ4v) is 3.12. The minimum Gasteiger partial charge on any atom is -0.352 e. The minimum absolute atomic E-state index is 0.142. The van der Waals surface area contributed by atoms with Gasteiger partial charge in [-0.05, 0) is 25.3 Å². The number of amides is 1. The Hall–Kier alpha value is -1.35. The first-order valence-corrected chi connectivity index (χ1v) is 7.70. The van der Waals surface area contributed by atoms with E-state index in [0.717, 1.165) is 31.2 Å². The average Bonchev–Trinajstić information content (AvgIpc) is 2.71. The molecule has 1 fully saturated rings. The Morgan fingerprint density at radius 1 is 1.25 bits per heavy atom. The van der Waals surface area contributed by atoms with Crippen LogP contribution in [-0.2, 0) is 11.3 Å². The number of hydrogen-bond donors (Lipinski definition) is 2. The standard InChI is InChI=1S/C17H26N2O/c1-14-7-6-8-15(11-14)12-19-16(20)17(13-18)9-4-2-3-5-10-17/h6-8,11H,2-5,9-10,12-13,18H2,1H3,(H,19,20). The molecule has 1 aromatic rings. The Morgan fingerprint density at radius 2 is 1.95 bits per heavy atom. The summed E-state index contributed by atoms with van der Waals surface area (Å²) in [5.41, 5.74) is 7.98. The van der Waals surface area contributed by atoms with Crippen molar-refractivity contribution in [1.29, 1.82) is 0 Å². The Kier molecular flexibility index (Phi) is 5.18. The predicted octanol–water partition coefficient (Wildman–Crippen LogP) is 2.91. The van der Waals surface area contributed by atoms with Gasteiger partial charge in [-0.25, -0.2) is 0 Å². The Labute approximate surface area is 121 Å². The van der Waals surface area contributed by atoms with E-state index < -0.39 is 0 Å². The monoisotopic (exact) mass is 274 g/mol. The maximum atomic E-state index is 12.6. The van der Waals surface area contributed by atoms with E-state index in [1.54, 1.807) is 0 Å². The van der Waals surface area contributed by atoms with E-state index in [1.807, 2.05) is 6.07 Å². The molecule has 0 spiro atoms. The quantitative estimate of drug-likeness (QED) is 0.829. The number of benzene rings is 1. The zero-order valence-electron chi connectivity index (χ0n) is 12.5. The van der Waals surface area contributed by atoms with Crippen LogP contribution in [0.15, 0.2) is 24.3 Å². The van der Waals surface area contributed by atoms with Crippen molar-refractivity contribution in [1.82, 2.24) is 5.32 Å². The number of aryl methyl sites for hydroxylation is 1. The molecular formula is C17H26N2O. The van der Waals surface area contributed by atoms with E-state index in [-0.39, 0.29) is 11.3 Å². The second-order valence-corrected chi connectivity index (χ2v) is 6.07. The zero-order chi connectivity index (χ0) is 14.4. The summed E-state index contributed by atoms with van der Waals surface area (Å²) in [5.74, 6) is 0.142. The normalized spacial score (nSPS) is 18.3. The molecule has 0 bridgehead atoms. The maximum Gasteiger partial charge on any atom is 0.227 e. The van der Waals surface area contributed by atoms with Crippen LogP contribution in [0.3, 0.4) is 0 Å². The lowest BCUT2D eigenvalue weighted by Crippen LogP contribution is -2.45. The number of nitrogens with one attached hydrogen (secondary N) is 1. The third-order valence-electron chi connectivity index (χ3n) is 4.47. The summed E-state index contributed by atoms with van der Waals surface area (Å²) in [5, 5.41) is 3.10. The Morgan fingerprint density at radius 3 is 2.55 bits per heavy atom. The Balaban J connectivity index is 1.98. The van der Waals surface area contributed by atoms with E-state index in [2.05, 4.69) is 30.4 Å². The number of carbonyl (C=O) groups excluding carboxylic acids is 1. The highest BCUT2D eigenvalue weighted by Gasteiger charge is 2.36. The lowest BCUT2D eigenvalue weighted by Gasteiger charge is -2.29. The zero-order valence-corrected chi connectivity index (χ0v) is 12.5. The van der Waals surface area contributed by atoms with Crippen molar-refractivity contribution in [3.05, 3.63) is 35.4 Å². The van der Waals surface area contributed by atoms with Gasteiger partial charge in [-0.2, -0.15) is 0 Å². The van der Waals surface area contributed by atoms with Crippen molar-refractivity contribution in [2.24, 2.45) is 11.1 Å². The van der Waals surface area contributed by atoms with Crippen molar-refractivity contribution >= 4 is 5.91 Å². The highest BCUT2D eigenvalue weighted by molar-refractivity contribution is 5.82. The lowest BCUT2D eigenvalue weighted by molar-refractivity contribution is -0.131. The first-order chi connectivity index (χ1) is 9.66. The van der Waals surface area contributed by atoms with E-state index >= 15 is 0 Å². The molecule has 3 nitrogen and oxygen atoms in total. The molecule has 1 amide bonds. The summed E-state index contributed by atoms with van der Waals surface area (Å²) < 4.78 is 0. The molecule has 1 aliphatic rings. The molecule has 0 heterocycles. The van der Waals surface area contributed by atoms with Gasteiger partial charge < -0.3 is 11.1 Å². The van der Waals surface area contributed by atoms with Gasteiger partial charge in [-0.3, -0.25) is 4.79 Å². The highest BCUT2D eigenvalue weighted by Crippen LogP contribution is 2.34. The molecular weight excluding hydrogens is 248 g/mol. The van der Waals surface area contributed by atoms with E-state index in [4.69, 9.17) is 5.73 Å². The van der Waals surface area contributed by atoms with Crippen molar-refractivity contribution < 1.29 is 4.79 Å². The average molecular weight is 274 g/mol. The van der Waals surface area contributed by atoms with Crippen LogP contribution in [0.5, 0.6) is 0 Å². The molecule has 0 aliphatic heterocycles. The number of hydrogen-bond acceptors (Lipinski definition) is 2. The van der Waals surface area contributed by atoms with E-state index in [0.29, 0.717) is 13.1 Å². The molecule has 110 valence electrons.